The SMILES string of the molecule is Cc1nc(C(F)(F)F)ccc1-c1ncncn1. The minimum Gasteiger partial charge on any atom is -0.248 e. The first kappa shape index (κ1) is 11.4. The third kappa shape index (κ3) is 2.38. The fourth-order valence-corrected chi connectivity index (χ4v) is 1.33. The van der Waals surface area contributed by atoms with Gasteiger partial charge in [0.25, 0.3) is 0 Å². The van der Waals surface area contributed by atoms with Crippen LogP contribution in [0.5, 0.6) is 0 Å². The quantitative estimate of drug-likeness (QED) is 0.767. The molecule has 2 heterocycles. The highest BCUT2D eigenvalue weighted by Crippen LogP contribution is 2.29. The smallest absolute Gasteiger partial charge is 0.248 e. The van der Waals surface area contributed by atoms with Gasteiger partial charge in [-0.05, 0) is 19.1 Å². The summed E-state index contributed by atoms with van der Waals surface area (Å²) in [5.74, 6) is 0.304. The Labute approximate surface area is 94.6 Å². The molecule has 4 nitrogen and oxygen atoms in total. The van der Waals surface area contributed by atoms with Crippen molar-refractivity contribution in [2.24, 2.45) is 0 Å². The summed E-state index contributed by atoms with van der Waals surface area (Å²) in [7, 11) is 0. The largest absolute Gasteiger partial charge is 0.433 e. The van der Waals surface area contributed by atoms with E-state index < -0.39 is 11.9 Å². The van der Waals surface area contributed by atoms with E-state index in [1.807, 2.05) is 0 Å². The molecule has 2 aromatic heterocycles. The van der Waals surface area contributed by atoms with Gasteiger partial charge in [-0.15, -0.1) is 0 Å². The van der Waals surface area contributed by atoms with Crippen LogP contribution in [-0.4, -0.2) is 19.9 Å². The maximum Gasteiger partial charge on any atom is 0.433 e. The molecule has 0 aromatic carbocycles. The molecule has 0 N–H and O–H groups in total. The van der Waals surface area contributed by atoms with Crippen LogP contribution in [-0.2, 0) is 6.18 Å². The van der Waals surface area contributed by atoms with Crippen molar-refractivity contribution >= 4 is 0 Å². The molecule has 88 valence electrons. The van der Waals surface area contributed by atoms with E-state index in [1.54, 1.807) is 0 Å². The van der Waals surface area contributed by atoms with Crippen LogP contribution >= 0.6 is 0 Å². The lowest BCUT2D eigenvalue weighted by molar-refractivity contribution is -0.141. The molecular weight excluding hydrogens is 233 g/mol. The van der Waals surface area contributed by atoms with Crippen LogP contribution in [0, 0.1) is 6.92 Å². The number of rotatable bonds is 1. The molecule has 7 heteroatoms. The summed E-state index contributed by atoms with van der Waals surface area (Å²) in [4.78, 5) is 14.8. The van der Waals surface area contributed by atoms with E-state index in [2.05, 4.69) is 19.9 Å². The van der Waals surface area contributed by atoms with Gasteiger partial charge in [-0.2, -0.15) is 13.2 Å². The molecule has 17 heavy (non-hydrogen) atoms. The van der Waals surface area contributed by atoms with E-state index in [0.717, 1.165) is 6.07 Å². The van der Waals surface area contributed by atoms with Crippen molar-refractivity contribution in [2.75, 3.05) is 0 Å². The Hall–Kier alpha value is -2.05. The summed E-state index contributed by atoms with van der Waals surface area (Å²) >= 11 is 0. The predicted molar refractivity (Wildman–Crippen MR) is 52.8 cm³/mol. The number of alkyl halides is 3. The van der Waals surface area contributed by atoms with E-state index in [9.17, 15) is 13.2 Å². The summed E-state index contributed by atoms with van der Waals surface area (Å²) in [6, 6.07) is 2.21. The van der Waals surface area contributed by atoms with E-state index in [-0.39, 0.29) is 5.69 Å². The van der Waals surface area contributed by atoms with Crippen molar-refractivity contribution in [2.45, 2.75) is 13.1 Å². The number of hydrogen-bond acceptors (Lipinski definition) is 4. The van der Waals surface area contributed by atoms with Crippen LogP contribution in [0.25, 0.3) is 11.4 Å². The average molecular weight is 240 g/mol. The van der Waals surface area contributed by atoms with Gasteiger partial charge in [0.05, 0.1) is 0 Å². The van der Waals surface area contributed by atoms with E-state index in [4.69, 9.17) is 0 Å². The normalized spacial score (nSPS) is 11.5. The Morgan fingerprint density at radius 2 is 1.71 bits per heavy atom. The molecule has 0 radical (unpaired) electrons. The molecule has 0 saturated heterocycles. The van der Waals surface area contributed by atoms with Crippen LogP contribution in [0.2, 0.25) is 0 Å². The third-order valence-corrected chi connectivity index (χ3v) is 2.11. The van der Waals surface area contributed by atoms with Crippen LogP contribution in [0.15, 0.2) is 24.8 Å². The highest BCUT2D eigenvalue weighted by atomic mass is 19.4. The fraction of sp³-hybridized carbons (Fsp3) is 0.200. The lowest BCUT2D eigenvalue weighted by Crippen LogP contribution is -2.09. The molecule has 0 unspecified atom stereocenters. The zero-order valence-electron chi connectivity index (χ0n) is 8.73. The summed E-state index contributed by atoms with van der Waals surface area (Å²) in [5, 5.41) is 0. The first-order valence-corrected chi connectivity index (χ1v) is 4.65. The summed E-state index contributed by atoms with van der Waals surface area (Å²) in [6.45, 7) is 1.48. The molecular formula is C10H7F3N4. The second-order valence-corrected chi connectivity index (χ2v) is 3.29. The van der Waals surface area contributed by atoms with Gasteiger partial charge in [0.15, 0.2) is 5.82 Å². The van der Waals surface area contributed by atoms with Crippen molar-refractivity contribution in [3.63, 3.8) is 0 Å². The lowest BCUT2D eigenvalue weighted by Gasteiger charge is -2.08. The Kier molecular flexibility index (Phi) is 2.74. The molecule has 0 aliphatic heterocycles. The van der Waals surface area contributed by atoms with E-state index >= 15 is 0 Å². The summed E-state index contributed by atoms with van der Waals surface area (Å²) < 4.78 is 37.2. The second-order valence-electron chi connectivity index (χ2n) is 3.29. The summed E-state index contributed by atoms with van der Waals surface area (Å²) in [5.41, 5.74) is -0.237. The topological polar surface area (TPSA) is 51.6 Å². The number of aromatic nitrogens is 4. The number of hydrogen-bond donors (Lipinski definition) is 0. The minimum atomic E-state index is -4.44. The van der Waals surface area contributed by atoms with E-state index in [0.29, 0.717) is 11.4 Å². The number of nitrogens with zero attached hydrogens (tertiary/aromatic N) is 4. The Bertz CT molecular complexity index is 525. The highest BCUT2D eigenvalue weighted by Gasteiger charge is 2.32. The maximum atomic E-state index is 12.4. The van der Waals surface area contributed by atoms with Gasteiger partial charge < -0.3 is 0 Å². The highest BCUT2D eigenvalue weighted by molar-refractivity contribution is 5.57. The molecule has 0 saturated carbocycles. The molecule has 0 aliphatic carbocycles. The molecule has 0 atom stereocenters. The minimum absolute atomic E-state index is 0.228. The molecule has 0 fully saturated rings. The Morgan fingerprint density at radius 1 is 1.06 bits per heavy atom. The standard InChI is InChI=1S/C10H7F3N4/c1-6-7(9-15-4-14-5-16-9)2-3-8(17-6)10(11,12)13/h2-5H,1H3. The molecule has 0 aliphatic rings. The van der Waals surface area contributed by atoms with Crippen molar-refractivity contribution in [3.8, 4) is 11.4 Å². The van der Waals surface area contributed by atoms with Crippen LogP contribution < -0.4 is 0 Å². The van der Waals surface area contributed by atoms with Gasteiger partial charge in [-0.25, -0.2) is 19.9 Å². The van der Waals surface area contributed by atoms with Crippen LogP contribution in [0.3, 0.4) is 0 Å². The van der Waals surface area contributed by atoms with Crippen molar-refractivity contribution in [1.29, 1.82) is 0 Å². The number of pyridine rings is 1. The van der Waals surface area contributed by atoms with Gasteiger partial charge in [-0.3, -0.25) is 0 Å². The Balaban J connectivity index is 2.46. The molecule has 2 rings (SSSR count). The van der Waals surface area contributed by atoms with Crippen molar-refractivity contribution < 1.29 is 13.2 Å². The van der Waals surface area contributed by atoms with Crippen LogP contribution in [0.4, 0.5) is 13.2 Å². The predicted octanol–water partition coefficient (Wildman–Crippen LogP) is 2.26. The molecule has 2 aromatic rings. The third-order valence-electron chi connectivity index (χ3n) is 2.11. The number of aryl methyl sites for hydroxylation is 1. The number of halogens is 3. The molecule has 0 spiro atoms. The van der Waals surface area contributed by atoms with Gasteiger partial charge in [0.2, 0.25) is 0 Å². The first-order valence-electron chi connectivity index (χ1n) is 4.65. The molecule has 0 bridgehead atoms. The fourth-order valence-electron chi connectivity index (χ4n) is 1.33. The van der Waals surface area contributed by atoms with E-state index in [1.165, 1.54) is 25.6 Å². The maximum absolute atomic E-state index is 12.4. The average Bonchev–Trinajstić information content (AvgIpc) is 2.29. The lowest BCUT2D eigenvalue weighted by atomic mass is 10.1. The van der Waals surface area contributed by atoms with Gasteiger partial charge >= 0.3 is 6.18 Å². The van der Waals surface area contributed by atoms with Gasteiger partial charge in [-0.1, -0.05) is 0 Å². The van der Waals surface area contributed by atoms with Gasteiger partial charge in [0, 0.05) is 11.3 Å². The monoisotopic (exact) mass is 240 g/mol. The van der Waals surface area contributed by atoms with Gasteiger partial charge in [0.1, 0.15) is 18.3 Å². The van der Waals surface area contributed by atoms with Crippen molar-refractivity contribution in [1.82, 2.24) is 19.9 Å². The zero-order valence-corrected chi connectivity index (χ0v) is 8.73. The Morgan fingerprint density at radius 3 is 2.24 bits per heavy atom. The first-order chi connectivity index (χ1) is 7.98. The second kappa shape index (κ2) is 4.08. The summed E-state index contributed by atoms with van der Waals surface area (Å²) in [6.07, 6.45) is -1.89. The van der Waals surface area contributed by atoms with Crippen LogP contribution in [0.1, 0.15) is 11.4 Å². The molecule has 0 amide bonds. The van der Waals surface area contributed by atoms with Crippen molar-refractivity contribution in [3.05, 3.63) is 36.2 Å². The zero-order chi connectivity index (χ0) is 12.5.